The highest BCUT2D eigenvalue weighted by atomic mass is 16.6. The lowest BCUT2D eigenvalue weighted by Gasteiger charge is -2.19. The molecule has 0 unspecified atom stereocenters. The largest absolute Gasteiger partial charge is 0.320 e. The van der Waals surface area contributed by atoms with Gasteiger partial charge < -0.3 is 5.32 Å². The summed E-state index contributed by atoms with van der Waals surface area (Å²) in [6, 6.07) is 13.0. The third-order valence-corrected chi connectivity index (χ3v) is 4.08. The van der Waals surface area contributed by atoms with Gasteiger partial charge in [-0.25, -0.2) is 0 Å². The van der Waals surface area contributed by atoms with Crippen molar-refractivity contribution in [3.05, 3.63) is 69.3 Å². The predicted molar refractivity (Wildman–Crippen MR) is 99.9 cm³/mol. The molecule has 0 aromatic heterocycles. The molecule has 2 aromatic rings. The van der Waals surface area contributed by atoms with E-state index < -0.39 is 4.92 Å². The Morgan fingerprint density at radius 1 is 1.12 bits per heavy atom. The molecule has 0 aliphatic carbocycles. The maximum atomic E-state index is 12.1. The smallest absolute Gasteiger partial charge is 0.293 e. The first kappa shape index (κ1) is 18.6. The van der Waals surface area contributed by atoms with Gasteiger partial charge in [0.2, 0.25) is 5.91 Å². The van der Waals surface area contributed by atoms with Crippen molar-refractivity contribution in [2.75, 3.05) is 5.32 Å². The van der Waals surface area contributed by atoms with E-state index >= 15 is 0 Å². The first-order valence-corrected chi connectivity index (χ1v) is 8.31. The number of hydrogen-bond acceptors (Lipinski definition) is 3. The second-order valence-corrected chi connectivity index (χ2v) is 7.27. The second kappa shape index (κ2) is 7.47. The van der Waals surface area contributed by atoms with Crippen LogP contribution in [-0.4, -0.2) is 10.8 Å². The molecule has 2 aromatic carbocycles. The van der Waals surface area contributed by atoms with Crippen LogP contribution in [0.5, 0.6) is 0 Å². The van der Waals surface area contributed by atoms with E-state index in [9.17, 15) is 14.9 Å². The van der Waals surface area contributed by atoms with Crippen LogP contribution in [0.25, 0.3) is 0 Å². The van der Waals surface area contributed by atoms with Crippen LogP contribution >= 0.6 is 0 Å². The average Bonchev–Trinajstić information content (AvgIpc) is 2.54. The molecule has 0 aliphatic heterocycles. The Bertz CT molecular complexity index is 775. The van der Waals surface area contributed by atoms with E-state index in [0.29, 0.717) is 6.42 Å². The van der Waals surface area contributed by atoms with Crippen LogP contribution in [0, 0.1) is 17.0 Å². The number of aryl methyl sites for hydroxylation is 2. The predicted octanol–water partition coefficient (Wildman–Crippen LogP) is 4.77. The molecule has 1 N–H and O–H groups in total. The van der Waals surface area contributed by atoms with Gasteiger partial charge in [0, 0.05) is 12.5 Å². The van der Waals surface area contributed by atoms with E-state index in [4.69, 9.17) is 0 Å². The maximum Gasteiger partial charge on any atom is 0.293 e. The van der Waals surface area contributed by atoms with Crippen LogP contribution in [0.1, 0.15) is 43.9 Å². The molecule has 25 heavy (non-hydrogen) atoms. The van der Waals surface area contributed by atoms with Crippen molar-refractivity contribution in [1.29, 1.82) is 0 Å². The number of benzene rings is 2. The number of nitrogens with one attached hydrogen (secondary N) is 1. The number of carbonyl (C=O) groups excluding carboxylic acids is 1. The molecule has 2 rings (SSSR count). The highest BCUT2D eigenvalue weighted by molar-refractivity contribution is 5.93. The van der Waals surface area contributed by atoms with Crippen LogP contribution in [0.2, 0.25) is 0 Å². The summed E-state index contributed by atoms with van der Waals surface area (Å²) in [5, 5.41) is 13.7. The summed E-state index contributed by atoms with van der Waals surface area (Å²) in [7, 11) is 0. The number of hydrogen-bond donors (Lipinski definition) is 1. The molecule has 5 heteroatoms. The van der Waals surface area contributed by atoms with Gasteiger partial charge in [-0.05, 0) is 41.5 Å². The van der Waals surface area contributed by atoms with Crippen molar-refractivity contribution in [2.24, 2.45) is 0 Å². The van der Waals surface area contributed by atoms with Crippen LogP contribution in [0.15, 0.2) is 42.5 Å². The molecule has 0 saturated heterocycles. The van der Waals surface area contributed by atoms with Gasteiger partial charge in [-0.1, -0.05) is 51.1 Å². The van der Waals surface area contributed by atoms with E-state index in [1.165, 1.54) is 11.6 Å². The molecule has 0 fully saturated rings. The molecule has 1 amide bonds. The van der Waals surface area contributed by atoms with Gasteiger partial charge >= 0.3 is 0 Å². The topological polar surface area (TPSA) is 72.2 Å². The molecule has 0 aliphatic rings. The summed E-state index contributed by atoms with van der Waals surface area (Å²) in [5.41, 5.74) is 3.35. The Hall–Kier alpha value is -2.69. The molecule has 0 bridgehead atoms. The molecule has 0 atom stereocenters. The number of anilines is 1. The lowest BCUT2D eigenvalue weighted by atomic mass is 9.86. The van der Waals surface area contributed by atoms with Crippen molar-refractivity contribution < 1.29 is 9.72 Å². The molecule has 0 heterocycles. The van der Waals surface area contributed by atoms with Crippen molar-refractivity contribution >= 4 is 17.3 Å². The van der Waals surface area contributed by atoms with Gasteiger partial charge in [0.25, 0.3) is 5.69 Å². The number of nitro benzene ring substituents is 1. The molecular formula is C20H24N2O3. The Balaban J connectivity index is 1.99. The average molecular weight is 340 g/mol. The van der Waals surface area contributed by atoms with Gasteiger partial charge in [0.15, 0.2) is 0 Å². The first-order valence-electron chi connectivity index (χ1n) is 8.31. The van der Waals surface area contributed by atoms with Crippen molar-refractivity contribution in [1.82, 2.24) is 0 Å². The minimum atomic E-state index is -0.478. The normalized spacial score (nSPS) is 11.2. The highest BCUT2D eigenvalue weighted by Gasteiger charge is 2.16. The molecular weight excluding hydrogens is 316 g/mol. The van der Waals surface area contributed by atoms with Crippen molar-refractivity contribution in [2.45, 2.75) is 46.0 Å². The molecule has 0 spiro atoms. The Kier molecular flexibility index (Phi) is 5.57. The third kappa shape index (κ3) is 5.14. The zero-order chi connectivity index (χ0) is 18.6. The summed E-state index contributed by atoms with van der Waals surface area (Å²) < 4.78 is 0. The Morgan fingerprint density at radius 2 is 1.76 bits per heavy atom. The summed E-state index contributed by atoms with van der Waals surface area (Å²) in [6.45, 7) is 8.25. The minimum absolute atomic E-state index is 0.0807. The van der Waals surface area contributed by atoms with Crippen molar-refractivity contribution in [3.63, 3.8) is 0 Å². The monoisotopic (exact) mass is 340 g/mol. The van der Waals surface area contributed by atoms with Gasteiger partial charge in [-0.15, -0.1) is 0 Å². The number of rotatable bonds is 5. The summed E-state index contributed by atoms with van der Waals surface area (Å²) >= 11 is 0. The Morgan fingerprint density at radius 3 is 2.32 bits per heavy atom. The second-order valence-electron chi connectivity index (χ2n) is 7.27. The number of amides is 1. The lowest BCUT2D eigenvalue weighted by molar-refractivity contribution is -0.384. The maximum absolute atomic E-state index is 12.1. The van der Waals surface area contributed by atoms with Crippen LogP contribution < -0.4 is 5.32 Å². The fourth-order valence-electron chi connectivity index (χ4n) is 2.54. The quantitative estimate of drug-likeness (QED) is 0.629. The van der Waals surface area contributed by atoms with E-state index in [1.807, 2.05) is 12.1 Å². The van der Waals surface area contributed by atoms with Crippen molar-refractivity contribution in [3.8, 4) is 0 Å². The number of nitrogens with zero attached hydrogens (tertiary/aromatic N) is 1. The SMILES string of the molecule is Cc1ccc(NC(=O)CCc2ccc(C(C)(C)C)cc2)c([N+](=O)[O-])c1. The third-order valence-electron chi connectivity index (χ3n) is 4.08. The summed E-state index contributed by atoms with van der Waals surface area (Å²) in [4.78, 5) is 22.8. The zero-order valence-corrected chi connectivity index (χ0v) is 15.1. The van der Waals surface area contributed by atoms with Crippen LogP contribution in [0.4, 0.5) is 11.4 Å². The van der Waals surface area contributed by atoms with Gasteiger partial charge in [0.1, 0.15) is 5.69 Å². The molecule has 132 valence electrons. The van der Waals surface area contributed by atoms with Crippen LogP contribution in [-0.2, 0) is 16.6 Å². The van der Waals surface area contributed by atoms with E-state index in [-0.39, 0.29) is 29.1 Å². The number of carbonyl (C=O) groups is 1. The molecule has 5 nitrogen and oxygen atoms in total. The fourth-order valence-corrected chi connectivity index (χ4v) is 2.54. The van der Waals surface area contributed by atoms with E-state index in [2.05, 4.69) is 38.2 Å². The van der Waals surface area contributed by atoms with E-state index in [1.54, 1.807) is 19.1 Å². The van der Waals surface area contributed by atoms with Gasteiger partial charge in [0.05, 0.1) is 4.92 Å². The highest BCUT2D eigenvalue weighted by Crippen LogP contribution is 2.26. The Labute approximate surface area is 148 Å². The van der Waals surface area contributed by atoms with E-state index in [0.717, 1.165) is 11.1 Å². The molecule has 0 saturated carbocycles. The van der Waals surface area contributed by atoms with Gasteiger partial charge in [-0.2, -0.15) is 0 Å². The fraction of sp³-hybridized carbons (Fsp3) is 0.350. The standard InChI is InChI=1S/C20H24N2O3/c1-14-5-11-17(18(13-14)22(24)25)21-19(23)12-8-15-6-9-16(10-7-15)20(2,3)4/h5-7,9-11,13H,8,12H2,1-4H3,(H,21,23). The summed E-state index contributed by atoms with van der Waals surface area (Å²) in [6.07, 6.45) is 0.871. The summed E-state index contributed by atoms with van der Waals surface area (Å²) in [5.74, 6) is -0.230. The minimum Gasteiger partial charge on any atom is -0.320 e. The van der Waals surface area contributed by atoms with Gasteiger partial charge in [-0.3, -0.25) is 14.9 Å². The lowest BCUT2D eigenvalue weighted by Crippen LogP contribution is -2.14. The zero-order valence-electron chi connectivity index (χ0n) is 15.1. The first-order chi connectivity index (χ1) is 11.7. The molecule has 0 radical (unpaired) electrons. The van der Waals surface area contributed by atoms with Crippen LogP contribution in [0.3, 0.4) is 0 Å². The number of nitro groups is 1.